The third-order valence-corrected chi connectivity index (χ3v) is 2.76. The van der Waals surface area contributed by atoms with Gasteiger partial charge in [-0.2, -0.15) is 0 Å². The van der Waals surface area contributed by atoms with Crippen LogP contribution in [0.25, 0.3) is 0 Å². The van der Waals surface area contributed by atoms with Crippen molar-refractivity contribution < 1.29 is 19.5 Å². The van der Waals surface area contributed by atoms with Crippen molar-refractivity contribution in [2.45, 2.75) is 13.0 Å². The van der Waals surface area contributed by atoms with Crippen LogP contribution in [0.15, 0.2) is 17.5 Å². The Balaban J connectivity index is 2.49. The first-order chi connectivity index (χ1) is 8.00. The molecule has 3 N–H and O–H groups in total. The number of nitrogens with one attached hydrogen (secondary N) is 2. The van der Waals surface area contributed by atoms with Gasteiger partial charge in [-0.05, 0) is 11.4 Å². The Bertz CT molecular complexity index is 416. The number of aliphatic carboxylic acids is 1. The van der Waals surface area contributed by atoms with Gasteiger partial charge in [0.25, 0.3) is 5.91 Å². The van der Waals surface area contributed by atoms with E-state index in [1.165, 1.54) is 18.3 Å². The van der Waals surface area contributed by atoms with Crippen LogP contribution in [0.2, 0.25) is 0 Å². The van der Waals surface area contributed by atoms with Crippen molar-refractivity contribution in [3.05, 3.63) is 22.4 Å². The van der Waals surface area contributed by atoms with Gasteiger partial charge < -0.3 is 15.7 Å². The maximum Gasteiger partial charge on any atom is 0.328 e. The first-order valence-corrected chi connectivity index (χ1v) is 5.70. The van der Waals surface area contributed by atoms with Crippen LogP contribution in [0, 0.1) is 0 Å². The van der Waals surface area contributed by atoms with Crippen LogP contribution < -0.4 is 10.6 Å². The topological polar surface area (TPSA) is 95.5 Å². The second-order valence-corrected chi connectivity index (χ2v) is 4.23. The second kappa shape index (κ2) is 6.00. The van der Waals surface area contributed by atoms with Gasteiger partial charge in [0.05, 0.1) is 4.88 Å². The summed E-state index contributed by atoms with van der Waals surface area (Å²) in [6, 6.07) is 2.24. The molecular weight excluding hydrogens is 244 g/mol. The summed E-state index contributed by atoms with van der Waals surface area (Å²) in [6.45, 7) is 1.07. The van der Waals surface area contributed by atoms with Crippen molar-refractivity contribution in [2.75, 3.05) is 6.54 Å². The number of rotatable bonds is 5. The third-order valence-electron chi connectivity index (χ3n) is 1.89. The van der Waals surface area contributed by atoms with Crippen LogP contribution in [0.1, 0.15) is 16.6 Å². The highest BCUT2D eigenvalue weighted by molar-refractivity contribution is 7.12. The fourth-order valence-corrected chi connectivity index (χ4v) is 1.78. The fraction of sp³-hybridized carbons (Fsp3) is 0.300. The standard InChI is InChI=1S/C10H12N2O4S/c1-6(13)12-7(10(15)16)5-11-9(14)8-3-2-4-17-8/h2-4,7H,5H2,1H3,(H,11,14)(H,12,13)(H,15,16)/t7-/m0/s1. The van der Waals surface area contributed by atoms with E-state index in [1.54, 1.807) is 17.5 Å². The maximum atomic E-state index is 11.5. The first-order valence-electron chi connectivity index (χ1n) is 4.82. The Hall–Kier alpha value is -1.89. The highest BCUT2D eigenvalue weighted by Crippen LogP contribution is 2.07. The van der Waals surface area contributed by atoms with Crippen LogP contribution in [0.3, 0.4) is 0 Å². The molecule has 0 aliphatic rings. The molecule has 0 saturated heterocycles. The molecule has 0 aliphatic heterocycles. The molecule has 7 heteroatoms. The molecule has 1 rings (SSSR count). The van der Waals surface area contributed by atoms with Crippen molar-refractivity contribution >= 4 is 29.1 Å². The summed E-state index contributed by atoms with van der Waals surface area (Å²) in [6.07, 6.45) is 0. The number of carboxylic acid groups (broad SMARTS) is 1. The number of hydrogen-bond acceptors (Lipinski definition) is 4. The Kier molecular flexibility index (Phi) is 4.65. The number of thiophene rings is 1. The highest BCUT2D eigenvalue weighted by atomic mass is 32.1. The predicted molar refractivity (Wildman–Crippen MR) is 61.9 cm³/mol. The molecule has 1 heterocycles. The third kappa shape index (κ3) is 4.23. The molecule has 0 unspecified atom stereocenters. The Morgan fingerprint density at radius 1 is 1.47 bits per heavy atom. The van der Waals surface area contributed by atoms with Gasteiger partial charge in [0.1, 0.15) is 6.04 Å². The van der Waals surface area contributed by atoms with E-state index in [9.17, 15) is 14.4 Å². The molecule has 0 aromatic carbocycles. The van der Waals surface area contributed by atoms with Crippen LogP contribution >= 0.6 is 11.3 Å². The molecule has 2 amide bonds. The Labute approximate surface area is 102 Å². The molecule has 1 atom stereocenters. The van der Waals surface area contributed by atoms with E-state index < -0.39 is 17.9 Å². The lowest BCUT2D eigenvalue weighted by Crippen LogP contribution is -2.47. The van der Waals surface area contributed by atoms with Crippen LogP contribution in [-0.2, 0) is 9.59 Å². The number of carbonyl (C=O) groups excluding carboxylic acids is 2. The SMILES string of the molecule is CC(=O)N[C@@H](CNC(=O)c1cccs1)C(=O)O. The van der Waals surface area contributed by atoms with E-state index in [1.807, 2.05) is 0 Å². The molecule has 92 valence electrons. The maximum absolute atomic E-state index is 11.5. The zero-order valence-corrected chi connectivity index (χ0v) is 9.91. The average Bonchev–Trinajstić information content (AvgIpc) is 2.76. The van der Waals surface area contributed by atoms with Crippen LogP contribution in [0.4, 0.5) is 0 Å². The van der Waals surface area contributed by atoms with Gasteiger partial charge in [-0.15, -0.1) is 11.3 Å². The summed E-state index contributed by atoms with van der Waals surface area (Å²) in [5.74, 6) is -1.99. The second-order valence-electron chi connectivity index (χ2n) is 3.28. The lowest BCUT2D eigenvalue weighted by Gasteiger charge is -2.13. The minimum absolute atomic E-state index is 0.147. The molecule has 0 radical (unpaired) electrons. The molecule has 0 bridgehead atoms. The summed E-state index contributed by atoms with van der Waals surface area (Å²) < 4.78 is 0. The average molecular weight is 256 g/mol. The smallest absolute Gasteiger partial charge is 0.328 e. The molecule has 1 aromatic rings. The molecule has 0 aliphatic carbocycles. The zero-order valence-electron chi connectivity index (χ0n) is 9.10. The van der Waals surface area contributed by atoms with E-state index in [4.69, 9.17) is 5.11 Å². The van der Waals surface area contributed by atoms with Gasteiger partial charge in [0, 0.05) is 13.5 Å². The number of carboxylic acids is 1. The monoisotopic (exact) mass is 256 g/mol. The zero-order chi connectivity index (χ0) is 12.8. The van der Waals surface area contributed by atoms with Crippen molar-refractivity contribution in [1.82, 2.24) is 10.6 Å². The predicted octanol–water partition coefficient (Wildman–Crippen LogP) is 0.0672. The summed E-state index contributed by atoms with van der Waals surface area (Å²) in [7, 11) is 0. The molecule has 6 nitrogen and oxygen atoms in total. The summed E-state index contributed by atoms with van der Waals surface area (Å²) >= 11 is 1.26. The van der Waals surface area contributed by atoms with Crippen molar-refractivity contribution in [3.63, 3.8) is 0 Å². The quantitative estimate of drug-likeness (QED) is 0.694. The molecular formula is C10H12N2O4S. The molecule has 1 aromatic heterocycles. The molecule has 0 saturated carbocycles. The number of hydrogen-bond donors (Lipinski definition) is 3. The van der Waals surface area contributed by atoms with Crippen molar-refractivity contribution in [1.29, 1.82) is 0 Å². The fourth-order valence-electron chi connectivity index (χ4n) is 1.14. The largest absolute Gasteiger partial charge is 0.480 e. The highest BCUT2D eigenvalue weighted by Gasteiger charge is 2.19. The number of carbonyl (C=O) groups is 3. The minimum Gasteiger partial charge on any atom is -0.480 e. The summed E-state index contributed by atoms with van der Waals surface area (Å²) in [4.78, 5) is 33.5. The van der Waals surface area contributed by atoms with Gasteiger partial charge in [0.15, 0.2) is 0 Å². The van der Waals surface area contributed by atoms with Crippen molar-refractivity contribution in [2.24, 2.45) is 0 Å². The van der Waals surface area contributed by atoms with E-state index in [0.29, 0.717) is 4.88 Å². The van der Waals surface area contributed by atoms with Crippen LogP contribution in [-0.4, -0.2) is 35.5 Å². The summed E-state index contributed by atoms with van der Waals surface area (Å²) in [5.41, 5.74) is 0. The van der Waals surface area contributed by atoms with E-state index in [-0.39, 0.29) is 12.5 Å². The normalized spacial score (nSPS) is 11.6. The van der Waals surface area contributed by atoms with E-state index >= 15 is 0 Å². The lowest BCUT2D eigenvalue weighted by molar-refractivity contribution is -0.141. The van der Waals surface area contributed by atoms with Gasteiger partial charge in [-0.1, -0.05) is 6.07 Å². The molecule has 0 fully saturated rings. The molecule has 17 heavy (non-hydrogen) atoms. The van der Waals surface area contributed by atoms with Gasteiger partial charge >= 0.3 is 5.97 Å². The minimum atomic E-state index is -1.19. The Morgan fingerprint density at radius 3 is 2.65 bits per heavy atom. The van der Waals surface area contributed by atoms with Gasteiger partial charge in [-0.3, -0.25) is 9.59 Å². The van der Waals surface area contributed by atoms with Crippen molar-refractivity contribution in [3.8, 4) is 0 Å². The van der Waals surface area contributed by atoms with E-state index in [2.05, 4.69) is 10.6 Å². The van der Waals surface area contributed by atoms with Gasteiger partial charge in [0.2, 0.25) is 5.91 Å². The van der Waals surface area contributed by atoms with Gasteiger partial charge in [-0.25, -0.2) is 4.79 Å². The molecule has 0 spiro atoms. The van der Waals surface area contributed by atoms with E-state index in [0.717, 1.165) is 0 Å². The summed E-state index contributed by atoms with van der Waals surface area (Å²) in [5, 5.41) is 15.2. The first kappa shape index (κ1) is 13.2. The number of amides is 2. The lowest BCUT2D eigenvalue weighted by atomic mass is 10.3. The Morgan fingerprint density at radius 2 is 2.18 bits per heavy atom. The van der Waals surface area contributed by atoms with Crippen LogP contribution in [0.5, 0.6) is 0 Å².